The van der Waals surface area contributed by atoms with E-state index in [2.05, 4.69) is 0 Å². The van der Waals surface area contributed by atoms with Gasteiger partial charge in [0.05, 0.1) is 5.92 Å². The Morgan fingerprint density at radius 1 is 1.38 bits per heavy atom. The van der Waals surface area contributed by atoms with Crippen molar-refractivity contribution in [2.75, 3.05) is 5.73 Å². The van der Waals surface area contributed by atoms with Gasteiger partial charge < -0.3 is 10.8 Å². The summed E-state index contributed by atoms with van der Waals surface area (Å²) in [7, 11) is 0. The Balaban J connectivity index is 0.00000144. The molecule has 0 fully saturated rings. The zero-order valence-electron chi connectivity index (χ0n) is 7.23. The number of anilines is 1. The number of benzene rings is 1. The van der Waals surface area contributed by atoms with Crippen LogP contribution in [0.1, 0.15) is 18.4 Å². The molecule has 72 valence electrons. The first-order chi connectivity index (χ1) is 5.61. The van der Waals surface area contributed by atoms with Crippen molar-refractivity contribution >= 4 is 24.1 Å². The van der Waals surface area contributed by atoms with Crippen LogP contribution in [-0.2, 0) is 4.79 Å². The molecule has 0 saturated carbocycles. The van der Waals surface area contributed by atoms with Crippen molar-refractivity contribution in [3.63, 3.8) is 0 Å². The van der Waals surface area contributed by atoms with Crippen LogP contribution in [0.4, 0.5) is 5.69 Å². The number of rotatable bonds is 2. The maximum atomic E-state index is 10.6. The molecule has 1 rings (SSSR count). The number of nitrogen functional groups attached to an aromatic ring is 1. The number of halogens is 1. The highest BCUT2D eigenvalue weighted by atomic mass is 35.5. The van der Waals surface area contributed by atoms with Crippen LogP contribution in [0.15, 0.2) is 24.3 Å². The fourth-order valence-electron chi connectivity index (χ4n) is 0.927. The van der Waals surface area contributed by atoms with E-state index in [1.807, 2.05) is 0 Å². The van der Waals surface area contributed by atoms with Crippen molar-refractivity contribution in [1.82, 2.24) is 0 Å². The van der Waals surface area contributed by atoms with Crippen LogP contribution in [0.25, 0.3) is 0 Å². The van der Waals surface area contributed by atoms with Crippen LogP contribution in [0.2, 0.25) is 0 Å². The summed E-state index contributed by atoms with van der Waals surface area (Å²) in [6.07, 6.45) is 0. The molecule has 0 saturated heterocycles. The Morgan fingerprint density at radius 3 is 2.23 bits per heavy atom. The van der Waals surface area contributed by atoms with Crippen molar-refractivity contribution in [2.45, 2.75) is 12.8 Å². The SMILES string of the molecule is CC(C(=O)O)c1ccc(N)cc1.Cl. The predicted octanol–water partition coefficient (Wildman–Crippen LogP) is 1.88. The van der Waals surface area contributed by atoms with Crippen LogP contribution in [-0.4, -0.2) is 11.1 Å². The first-order valence-corrected chi connectivity index (χ1v) is 3.69. The molecule has 1 atom stereocenters. The molecular formula is C9H12ClNO2. The Bertz CT molecular complexity index is 284. The molecule has 1 unspecified atom stereocenters. The second-order valence-corrected chi connectivity index (χ2v) is 2.73. The molecule has 1 aromatic carbocycles. The standard InChI is InChI=1S/C9H11NO2.ClH/c1-6(9(11)12)7-2-4-8(10)5-3-7;/h2-6H,10H2,1H3,(H,11,12);1H. The van der Waals surface area contributed by atoms with Gasteiger partial charge >= 0.3 is 5.97 Å². The van der Waals surface area contributed by atoms with Crippen molar-refractivity contribution < 1.29 is 9.90 Å². The number of carboxylic acids is 1. The summed E-state index contributed by atoms with van der Waals surface area (Å²) in [5.41, 5.74) is 6.88. The molecule has 0 amide bonds. The van der Waals surface area contributed by atoms with E-state index < -0.39 is 11.9 Å². The summed E-state index contributed by atoms with van der Waals surface area (Å²) < 4.78 is 0. The van der Waals surface area contributed by atoms with Crippen molar-refractivity contribution in [2.24, 2.45) is 0 Å². The molecular weight excluding hydrogens is 190 g/mol. The molecule has 0 aliphatic heterocycles. The second kappa shape index (κ2) is 4.72. The minimum atomic E-state index is -0.820. The van der Waals surface area contributed by atoms with E-state index in [1.165, 1.54) is 0 Å². The molecule has 0 aliphatic rings. The van der Waals surface area contributed by atoms with Gasteiger partial charge in [0.25, 0.3) is 0 Å². The lowest BCUT2D eigenvalue weighted by atomic mass is 10.0. The number of carbonyl (C=O) groups is 1. The molecule has 1 aromatic rings. The van der Waals surface area contributed by atoms with Gasteiger partial charge in [0.15, 0.2) is 0 Å². The van der Waals surface area contributed by atoms with Gasteiger partial charge in [-0.05, 0) is 24.6 Å². The number of carboxylic acid groups (broad SMARTS) is 1. The Hall–Kier alpha value is -1.22. The predicted molar refractivity (Wildman–Crippen MR) is 54.2 cm³/mol. The molecule has 0 aromatic heterocycles. The summed E-state index contributed by atoms with van der Waals surface area (Å²) >= 11 is 0. The van der Waals surface area contributed by atoms with Gasteiger partial charge in [-0.15, -0.1) is 12.4 Å². The molecule has 0 radical (unpaired) electrons. The number of hydrogen-bond donors (Lipinski definition) is 2. The van der Waals surface area contributed by atoms with E-state index in [-0.39, 0.29) is 12.4 Å². The van der Waals surface area contributed by atoms with E-state index in [0.717, 1.165) is 5.56 Å². The smallest absolute Gasteiger partial charge is 0.310 e. The zero-order chi connectivity index (χ0) is 9.14. The average Bonchev–Trinajstić information content (AvgIpc) is 2.04. The minimum absolute atomic E-state index is 0. The lowest BCUT2D eigenvalue weighted by molar-refractivity contribution is -0.138. The molecule has 3 nitrogen and oxygen atoms in total. The van der Waals surface area contributed by atoms with Gasteiger partial charge in [-0.2, -0.15) is 0 Å². The van der Waals surface area contributed by atoms with Crippen molar-refractivity contribution in [1.29, 1.82) is 0 Å². The lowest BCUT2D eigenvalue weighted by Gasteiger charge is -2.05. The Labute approximate surface area is 83.0 Å². The van der Waals surface area contributed by atoms with Gasteiger partial charge in [-0.3, -0.25) is 4.79 Å². The third-order valence-corrected chi connectivity index (χ3v) is 1.81. The van der Waals surface area contributed by atoms with E-state index >= 15 is 0 Å². The monoisotopic (exact) mass is 201 g/mol. The van der Waals surface area contributed by atoms with E-state index in [1.54, 1.807) is 31.2 Å². The van der Waals surface area contributed by atoms with Crippen LogP contribution in [0.3, 0.4) is 0 Å². The third-order valence-electron chi connectivity index (χ3n) is 1.81. The topological polar surface area (TPSA) is 63.3 Å². The highest BCUT2D eigenvalue weighted by Crippen LogP contribution is 2.16. The van der Waals surface area contributed by atoms with Gasteiger partial charge in [-0.25, -0.2) is 0 Å². The Morgan fingerprint density at radius 2 is 1.85 bits per heavy atom. The summed E-state index contributed by atoms with van der Waals surface area (Å²) in [5, 5.41) is 8.67. The van der Waals surface area contributed by atoms with Crippen LogP contribution < -0.4 is 5.73 Å². The number of aliphatic carboxylic acids is 1. The maximum absolute atomic E-state index is 10.6. The van der Waals surface area contributed by atoms with Gasteiger partial charge in [-0.1, -0.05) is 12.1 Å². The summed E-state index contributed by atoms with van der Waals surface area (Å²) in [6.45, 7) is 1.65. The zero-order valence-corrected chi connectivity index (χ0v) is 8.04. The molecule has 0 heterocycles. The maximum Gasteiger partial charge on any atom is 0.310 e. The number of nitrogens with two attached hydrogens (primary N) is 1. The summed E-state index contributed by atoms with van der Waals surface area (Å²) in [5.74, 6) is -1.29. The fourth-order valence-corrected chi connectivity index (χ4v) is 0.927. The molecule has 0 spiro atoms. The van der Waals surface area contributed by atoms with Crippen LogP contribution in [0, 0.1) is 0 Å². The number of hydrogen-bond acceptors (Lipinski definition) is 2. The van der Waals surface area contributed by atoms with Gasteiger partial charge in [0.1, 0.15) is 0 Å². The first-order valence-electron chi connectivity index (χ1n) is 3.69. The molecule has 0 bridgehead atoms. The van der Waals surface area contributed by atoms with Gasteiger partial charge in [0, 0.05) is 5.69 Å². The highest BCUT2D eigenvalue weighted by Gasteiger charge is 2.12. The molecule has 3 N–H and O–H groups in total. The molecule has 4 heteroatoms. The molecule has 0 aliphatic carbocycles. The van der Waals surface area contributed by atoms with Crippen LogP contribution >= 0.6 is 12.4 Å². The quantitative estimate of drug-likeness (QED) is 0.719. The van der Waals surface area contributed by atoms with Crippen molar-refractivity contribution in [3.8, 4) is 0 Å². The summed E-state index contributed by atoms with van der Waals surface area (Å²) in [6, 6.07) is 6.87. The normalized spacial score (nSPS) is 11.5. The minimum Gasteiger partial charge on any atom is -0.481 e. The van der Waals surface area contributed by atoms with Crippen molar-refractivity contribution in [3.05, 3.63) is 29.8 Å². The second-order valence-electron chi connectivity index (χ2n) is 2.73. The van der Waals surface area contributed by atoms with Gasteiger partial charge in [0.2, 0.25) is 0 Å². The average molecular weight is 202 g/mol. The first kappa shape index (κ1) is 11.8. The summed E-state index contributed by atoms with van der Waals surface area (Å²) in [4.78, 5) is 10.6. The highest BCUT2D eigenvalue weighted by molar-refractivity contribution is 5.85. The molecule has 13 heavy (non-hydrogen) atoms. The Kier molecular flexibility index (Phi) is 4.28. The van der Waals surface area contributed by atoms with Crippen LogP contribution in [0.5, 0.6) is 0 Å². The fraction of sp³-hybridized carbons (Fsp3) is 0.222. The third kappa shape index (κ3) is 2.95. The largest absolute Gasteiger partial charge is 0.481 e. The van der Waals surface area contributed by atoms with E-state index in [4.69, 9.17) is 10.8 Å². The van der Waals surface area contributed by atoms with E-state index in [0.29, 0.717) is 5.69 Å². The van der Waals surface area contributed by atoms with E-state index in [9.17, 15) is 4.79 Å². The lowest BCUT2D eigenvalue weighted by Crippen LogP contribution is -2.07.